The van der Waals surface area contributed by atoms with Gasteiger partial charge < -0.3 is 14.6 Å². The van der Waals surface area contributed by atoms with Gasteiger partial charge in [-0.3, -0.25) is 14.6 Å². The molecular formula is C30H30ClN3O4. The third-order valence-electron chi connectivity index (χ3n) is 6.95. The molecule has 5 rings (SSSR count). The number of H-pyrrole nitrogens is 1. The second kappa shape index (κ2) is 11.4. The quantitative estimate of drug-likeness (QED) is 0.271. The third-order valence-corrected chi connectivity index (χ3v) is 7.27. The lowest BCUT2D eigenvalue weighted by Crippen LogP contribution is -2.40. The number of rotatable bonds is 8. The van der Waals surface area contributed by atoms with Crippen LogP contribution in [-0.4, -0.2) is 40.7 Å². The molecule has 1 atom stereocenters. The molecule has 0 saturated carbocycles. The number of nitrogens with one attached hydrogen (secondary N) is 1. The highest BCUT2D eigenvalue weighted by atomic mass is 35.5. The van der Waals surface area contributed by atoms with Gasteiger partial charge in [-0.25, -0.2) is 0 Å². The first-order valence-electron chi connectivity index (χ1n) is 12.8. The summed E-state index contributed by atoms with van der Waals surface area (Å²) >= 11 is 6.64. The van der Waals surface area contributed by atoms with E-state index in [1.807, 2.05) is 50.2 Å². The summed E-state index contributed by atoms with van der Waals surface area (Å²) in [6.45, 7) is 5.55. The number of ether oxygens (including phenoxy) is 1. The lowest BCUT2D eigenvalue weighted by Gasteiger charge is -2.32. The number of aryl methyl sites for hydroxylation is 2. The van der Waals surface area contributed by atoms with E-state index in [0.717, 1.165) is 52.6 Å². The highest BCUT2D eigenvalue weighted by molar-refractivity contribution is 6.34. The molecule has 196 valence electrons. The van der Waals surface area contributed by atoms with Gasteiger partial charge in [0.05, 0.1) is 28.4 Å². The highest BCUT2D eigenvalue weighted by Gasteiger charge is 2.25. The number of benzene rings is 2. The fourth-order valence-corrected chi connectivity index (χ4v) is 5.55. The van der Waals surface area contributed by atoms with Gasteiger partial charge in [0.25, 0.3) is 5.56 Å². The smallest absolute Gasteiger partial charge is 0.313 e. The van der Waals surface area contributed by atoms with Gasteiger partial charge in [0.15, 0.2) is 0 Å². The van der Waals surface area contributed by atoms with Crippen molar-refractivity contribution in [2.24, 2.45) is 0 Å². The van der Waals surface area contributed by atoms with E-state index in [4.69, 9.17) is 21.2 Å². The Bertz CT molecular complexity index is 1500. The van der Waals surface area contributed by atoms with Gasteiger partial charge in [0, 0.05) is 36.2 Å². The molecule has 1 unspecified atom stereocenters. The Balaban J connectivity index is 1.61. The molecule has 1 fully saturated rings. The number of fused-ring (bicyclic) bond motifs is 1. The normalized spacial score (nSPS) is 15.9. The van der Waals surface area contributed by atoms with Crippen LogP contribution in [0.25, 0.3) is 33.3 Å². The van der Waals surface area contributed by atoms with Crippen LogP contribution in [-0.2, 0) is 9.63 Å². The van der Waals surface area contributed by atoms with Crippen molar-refractivity contribution in [1.82, 2.24) is 15.0 Å². The number of halogens is 1. The largest absolute Gasteiger partial charge is 0.492 e. The molecule has 1 saturated heterocycles. The van der Waals surface area contributed by atoms with Crippen molar-refractivity contribution in [3.63, 3.8) is 0 Å². The molecule has 3 heterocycles. The first-order valence-corrected chi connectivity index (χ1v) is 13.2. The van der Waals surface area contributed by atoms with E-state index in [-0.39, 0.29) is 11.6 Å². The molecule has 4 aromatic rings. The Morgan fingerprint density at radius 2 is 1.95 bits per heavy atom. The summed E-state index contributed by atoms with van der Waals surface area (Å²) in [6.07, 6.45) is 5.33. The summed E-state index contributed by atoms with van der Waals surface area (Å²) < 4.78 is 6.47. The zero-order valence-electron chi connectivity index (χ0n) is 21.5. The van der Waals surface area contributed by atoms with Crippen LogP contribution in [0.4, 0.5) is 0 Å². The van der Waals surface area contributed by atoms with Crippen molar-refractivity contribution in [1.29, 1.82) is 0 Å². The lowest BCUT2D eigenvalue weighted by atomic mass is 9.98. The van der Waals surface area contributed by atoms with E-state index >= 15 is 0 Å². The van der Waals surface area contributed by atoms with Crippen molar-refractivity contribution >= 4 is 29.0 Å². The summed E-state index contributed by atoms with van der Waals surface area (Å²) in [4.78, 5) is 37.2. The molecular weight excluding hydrogens is 502 g/mol. The molecule has 1 aliphatic rings. The van der Waals surface area contributed by atoms with E-state index in [2.05, 4.69) is 16.0 Å². The molecule has 2 aromatic heterocycles. The Hall–Kier alpha value is -3.68. The van der Waals surface area contributed by atoms with Crippen LogP contribution in [0, 0.1) is 13.8 Å². The fourth-order valence-electron chi connectivity index (χ4n) is 5.29. The minimum absolute atomic E-state index is 0.0606. The van der Waals surface area contributed by atoms with E-state index in [0.29, 0.717) is 47.9 Å². The van der Waals surface area contributed by atoms with Crippen LogP contribution < -0.4 is 10.3 Å². The third kappa shape index (κ3) is 5.44. The van der Waals surface area contributed by atoms with Gasteiger partial charge in [0.2, 0.25) is 0 Å². The SMILES string of the molecule is Cc1cc(C)cc(-c2c(OCCC3CCCCN3OC=O)c3cc(-c4ccccn4)c(Cl)cc3[nH]c2=O)c1. The van der Waals surface area contributed by atoms with Gasteiger partial charge in [-0.2, -0.15) is 0 Å². The van der Waals surface area contributed by atoms with Gasteiger partial charge in [-0.1, -0.05) is 53.4 Å². The van der Waals surface area contributed by atoms with Gasteiger partial charge in [0.1, 0.15) is 5.75 Å². The highest BCUT2D eigenvalue weighted by Crippen LogP contribution is 2.39. The molecule has 0 amide bonds. The summed E-state index contributed by atoms with van der Waals surface area (Å²) in [5, 5.41) is 2.97. The van der Waals surface area contributed by atoms with E-state index in [9.17, 15) is 9.59 Å². The number of hydrogen-bond donors (Lipinski definition) is 1. The molecule has 0 spiro atoms. The van der Waals surface area contributed by atoms with Gasteiger partial charge >= 0.3 is 6.47 Å². The zero-order chi connectivity index (χ0) is 26.6. The average molecular weight is 532 g/mol. The number of carbonyl (C=O) groups excluding carboxylic acids is 1. The topological polar surface area (TPSA) is 84.5 Å². The number of aromatic amines is 1. The van der Waals surface area contributed by atoms with Crippen molar-refractivity contribution in [3.8, 4) is 28.1 Å². The van der Waals surface area contributed by atoms with Crippen LogP contribution >= 0.6 is 11.6 Å². The number of carbonyl (C=O) groups is 1. The Morgan fingerprint density at radius 1 is 1.13 bits per heavy atom. The molecule has 38 heavy (non-hydrogen) atoms. The van der Waals surface area contributed by atoms with Crippen LogP contribution in [0.15, 0.2) is 59.5 Å². The predicted octanol–water partition coefficient (Wildman–Crippen LogP) is 6.24. The monoisotopic (exact) mass is 531 g/mol. The summed E-state index contributed by atoms with van der Waals surface area (Å²) in [5.41, 5.74) is 5.20. The van der Waals surface area contributed by atoms with Crippen molar-refractivity contribution in [2.45, 2.75) is 45.6 Å². The molecule has 0 aliphatic carbocycles. The molecule has 2 aromatic carbocycles. The lowest BCUT2D eigenvalue weighted by molar-refractivity contribution is -0.193. The fraction of sp³-hybridized carbons (Fsp3) is 0.300. The Kier molecular flexibility index (Phi) is 7.77. The molecule has 1 N–H and O–H groups in total. The standard InChI is InChI=1S/C30H30ClN3O4/c1-19-13-20(2)15-21(14-19)28-29(37-12-9-22-7-4-6-11-34(22)38-18-35)24-16-23(26-8-3-5-10-32-26)25(31)17-27(24)33-30(28)36/h3,5,8,10,13-18,22H,4,6-7,9,11-12H2,1-2H3,(H,33,36). The van der Waals surface area contributed by atoms with Crippen LogP contribution in [0.3, 0.4) is 0 Å². The molecule has 0 bridgehead atoms. The second-order valence-electron chi connectivity index (χ2n) is 9.76. The van der Waals surface area contributed by atoms with Crippen molar-refractivity contribution in [2.75, 3.05) is 13.2 Å². The number of piperidine rings is 1. The predicted molar refractivity (Wildman–Crippen MR) is 149 cm³/mol. The van der Waals surface area contributed by atoms with E-state index < -0.39 is 0 Å². The number of pyridine rings is 2. The first-order chi connectivity index (χ1) is 18.4. The number of aromatic nitrogens is 2. The molecule has 7 nitrogen and oxygen atoms in total. The molecule has 1 aliphatic heterocycles. The van der Waals surface area contributed by atoms with Crippen LogP contribution in [0.2, 0.25) is 5.02 Å². The maximum absolute atomic E-state index is 13.5. The minimum atomic E-state index is -0.247. The minimum Gasteiger partial charge on any atom is -0.492 e. The summed E-state index contributed by atoms with van der Waals surface area (Å²) in [7, 11) is 0. The first kappa shape index (κ1) is 25.9. The van der Waals surface area contributed by atoms with Crippen molar-refractivity contribution in [3.05, 3.63) is 81.2 Å². The van der Waals surface area contributed by atoms with Gasteiger partial charge in [-0.15, -0.1) is 5.06 Å². The molecule has 8 heteroatoms. The van der Waals surface area contributed by atoms with Gasteiger partial charge in [-0.05, 0) is 56.5 Å². The molecule has 0 radical (unpaired) electrons. The number of hydroxylamine groups is 2. The van der Waals surface area contributed by atoms with Crippen LogP contribution in [0.1, 0.15) is 36.8 Å². The maximum Gasteiger partial charge on any atom is 0.313 e. The van der Waals surface area contributed by atoms with E-state index in [1.54, 1.807) is 17.3 Å². The van der Waals surface area contributed by atoms with E-state index in [1.165, 1.54) is 0 Å². The summed E-state index contributed by atoms with van der Waals surface area (Å²) in [5.74, 6) is 0.501. The second-order valence-corrected chi connectivity index (χ2v) is 10.2. The van der Waals surface area contributed by atoms with Crippen LogP contribution in [0.5, 0.6) is 5.75 Å². The Morgan fingerprint density at radius 3 is 2.68 bits per heavy atom. The number of nitrogens with zero attached hydrogens (tertiary/aromatic N) is 2. The average Bonchev–Trinajstić information content (AvgIpc) is 2.89. The van der Waals surface area contributed by atoms with Crippen molar-refractivity contribution < 1.29 is 14.4 Å². The maximum atomic E-state index is 13.5. The zero-order valence-corrected chi connectivity index (χ0v) is 22.3. The number of hydrogen-bond acceptors (Lipinski definition) is 6. The Labute approximate surface area is 226 Å². The summed E-state index contributed by atoms with van der Waals surface area (Å²) in [6, 6.07) is 15.5.